The highest BCUT2D eigenvalue weighted by atomic mass is 19.4. The molecule has 266 valence electrons. The summed E-state index contributed by atoms with van der Waals surface area (Å²) in [6.07, 6.45) is -5.05. The lowest BCUT2D eigenvalue weighted by Gasteiger charge is -2.13. The zero-order chi connectivity index (χ0) is 37.6. The summed E-state index contributed by atoms with van der Waals surface area (Å²) in [7, 11) is 1.43. The average molecular weight is 715 g/mol. The first-order valence-corrected chi connectivity index (χ1v) is 15.9. The largest absolute Gasteiger partial charge is 0.508 e. The molecule has 1 unspecified atom stereocenters. The number of hydrogen-bond acceptors (Lipinski definition) is 7. The number of nitrogens with zero attached hydrogens (tertiary/aromatic N) is 2. The summed E-state index contributed by atoms with van der Waals surface area (Å²) in [5.74, 6) is -4.45. The summed E-state index contributed by atoms with van der Waals surface area (Å²) in [6, 6.07) is 17.7. The quantitative estimate of drug-likeness (QED) is 0.102. The van der Waals surface area contributed by atoms with E-state index in [9.17, 15) is 41.8 Å². The normalized spacial score (nSPS) is 12.2. The topological polar surface area (TPSA) is 117 Å². The number of phenolic OH excluding ortho intramolecular Hbond substituents is 1. The van der Waals surface area contributed by atoms with E-state index in [-0.39, 0.29) is 16.9 Å². The number of carbonyl (C=O) groups excluding carboxylic acids is 4. The van der Waals surface area contributed by atoms with Crippen molar-refractivity contribution in [3.8, 4) is 11.5 Å². The van der Waals surface area contributed by atoms with Gasteiger partial charge in [0.25, 0.3) is 11.8 Å². The van der Waals surface area contributed by atoms with Crippen LogP contribution in [0.5, 0.6) is 11.5 Å². The number of esters is 2. The van der Waals surface area contributed by atoms with E-state index in [2.05, 4.69) is 0 Å². The molecule has 0 fully saturated rings. The van der Waals surface area contributed by atoms with Crippen LogP contribution >= 0.6 is 0 Å². The van der Waals surface area contributed by atoms with Crippen molar-refractivity contribution in [3.05, 3.63) is 130 Å². The van der Waals surface area contributed by atoms with Crippen LogP contribution in [-0.2, 0) is 26.9 Å². The van der Waals surface area contributed by atoms with Crippen LogP contribution in [0.25, 0.3) is 21.8 Å². The predicted octanol–water partition coefficient (Wildman–Crippen LogP) is 7.88. The van der Waals surface area contributed by atoms with Crippen molar-refractivity contribution in [1.82, 2.24) is 9.13 Å². The summed E-state index contributed by atoms with van der Waals surface area (Å²) < 4.78 is 66.4. The van der Waals surface area contributed by atoms with E-state index in [1.165, 1.54) is 53.5 Å². The first-order valence-electron chi connectivity index (χ1n) is 15.9. The minimum atomic E-state index is -4.59. The monoisotopic (exact) mass is 714 g/mol. The Morgan fingerprint density at radius 1 is 0.769 bits per heavy atom. The molecule has 0 amide bonds. The average Bonchev–Trinajstić information content (AvgIpc) is 3.55. The van der Waals surface area contributed by atoms with Gasteiger partial charge in [-0.15, -0.1) is 0 Å². The number of ether oxygens (including phenoxy) is 2. The Hall–Kier alpha value is -6.24. The number of benzene rings is 4. The van der Waals surface area contributed by atoms with Crippen LogP contribution in [0.3, 0.4) is 0 Å². The minimum Gasteiger partial charge on any atom is -0.508 e. The lowest BCUT2D eigenvalue weighted by Crippen LogP contribution is -2.21. The van der Waals surface area contributed by atoms with Crippen LogP contribution in [0.4, 0.5) is 17.6 Å². The second-order valence-electron chi connectivity index (χ2n) is 12.2. The van der Waals surface area contributed by atoms with Crippen LogP contribution in [0.15, 0.2) is 84.9 Å². The molecule has 52 heavy (non-hydrogen) atoms. The molecule has 0 aliphatic carbocycles. The molecule has 0 aliphatic rings. The van der Waals surface area contributed by atoms with Gasteiger partial charge < -0.3 is 14.6 Å². The van der Waals surface area contributed by atoms with Gasteiger partial charge in [0.2, 0.25) is 0 Å². The molecule has 0 radical (unpaired) electrons. The zero-order valence-electron chi connectivity index (χ0n) is 28.2. The Morgan fingerprint density at radius 2 is 1.33 bits per heavy atom. The van der Waals surface area contributed by atoms with Crippen LogP contribution in [0, 0.1) is 19.7 Å². The highest BCUT2D eigenvalue weighted by molar-refractivity contribution is 6.07. The van der Waals surface area contributed by atoms with Gasteiger partial charge in [-0.3, -0.25) is 28.3 Å². The summed E-state index contributed by atoms with van der Waals surface area (Å²) in [6.45, 7) is 4.64. The number of halogens is 4. The van der Waals surface area contributed by atoms with E-state index in [4.69, 9.17) is 9.47 Å². The Balaban J connectivity index is 1.31. The maximum absolute atomic E-state index is 13.7. The second-order valence-corrected chi connectivity index (χ2v) is 12.2. The van der Waals surface area contributed by atoms with E-state index < -0.39 is 53.6 Å². The first-order chi connectivity index (χ1) is 24.6. The summed E-state index contributed by atoms with van der Waals surface area (Å²) in [5, 5.41) is 11.0. The maximum atomic E-state index is 13.7. The van der Waals surface area contributed by atoms with Gasteiger partial charge in [0.15, 0.2) is 0 Å². The number of phenols is 1. The molecule has 0 saturated heterocycles. The molecule has 1 atom stereocenters. The van der Waals surface area contributed by atoms with Gasteiger partial charge in [-0.05, 0) is 117 Å². The minimum absolute atomic E-state index is 0.0285. The van der Waals surface area contributed by atoms with E-state index in [0.717, 1.165) is 36.4 Å². The van der Waals surface area contributed by atoms with Gasteiger partial charge in [0.1, 0.15) is 17.3 Å². The third kappa shape index (κ3) is 6.41. The molecule has 9 nitrogen and oxygen atoms in total. The van der Waals surface area contributed by atoms with Gasteiger partial charge in [-0.25, -0.2) is 4.39 Å². The number of carbonyl (C=O) groups is 4. The highest BCUT2D eigenvalue weighted by Crippen LogP contribution is 2.37. The van der Waals surface area contributed by atoms with Gasteiger partial charge in [-0.2, -0.15) is 13.2 Å². The van der Waals surface area contributed by atoms with Crippen LogP contribution < -0.4 is 4.74 Å². The van der Waals surface area contributed by atoms with Crippen LogP contribution in [0.1, 0.15) is 61.6 Å². The fourth-order valence-electron chi connectivity index (χ4n) is 6.46. The SMILES string of the molecule is COc1ccc2c(c1)c(C(C)C(=O)OC(=O)Cc1c(C)n(C(=O)c3ccc(F)cc3)c3ccc(O)cc13)c(C)n2C(=O)c1ccc(C(F)(F)F)cc1. The molecule has 4 aromatic carbocycles. The number of rotatable bonds is 7. The van der Waals surface area contributed by atoms with Crippen molar-refractivity contribution < 1.29 is 51.3 Å². The number of aromatic nitrogens is 2. The van der Waals surface area contributed by atoms with Crippen molar-refractivity contribution >= 4 is 45.6 Å². The number of fused-ring (bicyclic) bond motifs is 2. The Kier molecular flexibility index (Phi) is 9.22. The lowest BCUT2D eigenvalue weighted by atomic mass is 9.98. The number of hydrogen-bond donors (Lipinski definition) is 1. The van der Waals surface area contributed by atoms with Crippen LogP contribution in [0.2, 0.25) is 0 Å². The van der Waals surface area contributed by atoms with Gasteiger partial charge in [-0.1, -0.05) is 0 Å². The molecule has 6 aromatic rings. The fourth-order valence-corrected chi connectivity index (χ4v) is 6.46. The first kappa shape index (κ1) is 35.6. The van der Waals surface area contributed by atoms with Crippen molar-refractivity contribution in [2.45, 2.75) is 39.3 Å². The maximum Gasteiger partial charge on any atom is 0.416 e. The van der Waals surface area contributed by atoms with E-state index in [0.29, 0.717) is 50.1 Å². The smallest absolute Gasteiger partial charge is 0.416 e. The zero-order valence-corrected chi connectivity index (χ0v) is 28.2. The molecule has 2 heterocycles. The van der Waals surface area contributed by atoms with Crippen molar-refractivity contribution in [2.75, 3.05) is 7.11 Å². The molecular formula is C39H30F4N2O7. The number of alkyl halides is 3. The molecule has 0 bridgehead atoms. The number of methoxy groups -OCH3 is 1. The molecule has 0 aliphatic heterocycles. The summed E-state index contributed by atoms with van der Waals surface area (Å²) in [5.41, 5.74) is 1.20. The molecule has 6 rings (SSSR count). The van der Waals surface area contributed by atoms with Crippen molar-refractivity contribution in [2.24, 2.45) is 0 Å². The molecule has 0 spiro atoms. The Morgan fingerprint density at radius 3 is 1.92 bits per heavy atom. The second kappa shape index (κ2) is 13.5. The van der Waals surface area contributed by atoms with E-state index >= 15 is 0 Å². The third-order valence-electron chi connectivity index (χ3n) is 9.06. The van der Waals surface area contributed by atoms with Crippen LogP contribution in [-0.4, -0.2) is 45.1 Å². The molecule has 13 heteroatoms. The van der Waals surface area contributed by atoms with Crippen molar-refractivity contribution in [3.63, 3.8) is 0 Å². The third-order valence-corrected chi connectivity index (χ3v) is 9.06. The molecule has 0 saturated carbocycles. The van der Waals surface area contributed by atoms with E-state index in [1.807, 2.05) is 0 Å². The Bertz CT molecular complexity index is 2410. The summed E-state index contributed by atoms with van der Waals surface area (Å²) in [4.78, 5) is 54.2. The predicted molar refractivity (Wildman–Crippen MR) is 182 cm³/mol. The van der Waals surface area contributed by atoms with Gasteiger partial charge in [0.05, 0.1) is 36.0 Å². The molecule has 1 N–H and O–H groups in total. The van der Waals surface area contributed by atoms with Gasteiger partial charge >= 0.3 is 18.1 Å². The summed E-state index contributed by atoms with van der Waals surface area (Å²) >= 11 is 0. The number of aromatic hydroxyl groups is 1. The highest BCUT2D eigenvalue weighted by Gasteiger charge is 2.32. The van der Waals surface area contributed by atoms with E-state index in [1.54, 1.807) is 32.0 Å². The Labute approximate surface area is 293 Å². The van der Waals surface area contributed by atoms with Crippen molar-refractivity contribution in [1.29, 1.82) is 0 Å². The molecular weight excluding hydrogens is 684 g/mol. The standard InChI is InChI=1S/C39H30F4N2O7/c1-20(35-22(3)45(33-16-14-28(51-4)18-31(33)35)37(49)23-5-9-25(10-6-23)39(41,42)43)38(50)52-34(47)19-29-21(2)44(32-15-13-27(46)17-30(29)32)36(48)24-7-11-26(40)12-8-24/h5-18,20,46H,19H2,1-4H3. The molecule has 2 aromatic heterocycles. The lowest BCUT2D eigenvalue weighted by molar-refractivity contribution is -0.160. The van der Waals surface area contributed by atoms with Gasteiger partial charge in [0, 0.05) is 33.3 Å². The fraction of sp³-hybridized carbons (Fsp3) is 0.179.